The molecule has 1 aliphatic heterocycles. The van der Waals surface area contributed by atoms with Crippen molar-refractivity contribution in [3.63, 3.8) is 0 Å². The molecule has 2 aromatic carbocycles. The first kappa shape index (κ1) is 18.9. The molecule has 3 heterocycles. The van der Waals surface area contributed by atoms with E-state index < -0.39 is 0 Å². The molecule has 4 aromatic rings. The van der Waals surface area contributed by atoms with Crippen LogP contribution in [0.15, 0.2) is 77.6 Å². The van der Waals surface area contributed by atoms with E-state index in [1.54, 1.807) is 12.4 Å². The predicted octanol–water partition coefficient (Wildman–Crippen LogP) is 4.70. The molecule has 7 nitrogen and oxygen atoms in total. The second-order valence-corrected chi connectivity index (χ2v) is 7.07. The van der Waals surface area contributed by atoms with Gasteiger partial charge in [-0.1, -0.05) is 35.5 Å². The molecule has 1 amide bonds. The van der Waals surface area contributed by atoms with Crippen LogP contribution in [0.25, 0.3) is 22.4 Å². The number of nitrogens with one attached hydrogen (secondary N) is 1. The third-order valence-corrected chi connectivity index (χ3v) is 5.05. The molecule has 7 heteroatoms. The minimum atomic E-state index is -0.150. The van der Waals surface area contributed by atoms with Gasteiger partial charge in [0, 0.05) is 30.4 Å². The molecule has 5 rings (SSSR count). The van der Waals surface area contributed by atoms with E-state index in [0.29, 0.717) is 35.7 Å². The average molecular weight is 413 g/mol. The zero-order chi connectivity index (χ0) is 21.0. The number of carbonyl (C=O) groups is 1. The number of pyridine rings is 1. The largest absolute Gasteiger partial charge is 0.457 e. The Bertz CT molecular complexity index is 1210. The molecule has 1 aliphatic rings. The highest BCUT2D eigenvalue weighted by Gasteiger charge is 2.24. The normalized spacial score (nSPS) is 12.0. The summed E-state index contributed by atoms with van der Waals surface area (Å²) >= 11 is 0. The van der Waals surface area contributed by atoms with Crippen LogP contribution in [0.3, 0.4) is 0 Å². The van der Waals surface area contributed by atoms with E-state index in [0.717, 1.165) is 22.4 Å². The molecule has 0 radical (unpaired) electrons. The number of hydrogen-bond acceptors (Lipinski definition) is 6. The van der Waals surface area contributed by atoms with Gasteiger partial charge in [0.05, 0.1) is 5.56 Å². The van der Waals surface area contributed by atoms with Gasteiger partial charge in [0.1, 0.15) is 17.2 Å². The first-order valence-electron chi connectivity index (χ1n) is 9.92. The standard InChI is InChI=1S/C24H19N3O4/c28-21(9-6-16-4-2-1-3-5-16)26-24-22(17-10-12-25-13-11-17)23(27-31-24)19-8-7-18-14-20(19)30-15-29-18/h1-5,7-8,10-14H,6,9,15H2,(H,26,28). The van der Waals surface area contributed by atoms with Crippen molar-refractivity contribution in [3.8, 4) is 33.9 Å². The molecular formula is C24H19N3O4. The summed E-state index contributed by atoms with van der Waals surface area (Å²) in [5.74, 6) is 1.52. The molecule has 0 fully saturated rings. The molecular weight excluding hydrogens is 394 g/mol. The summed E-state index contributed by atoms with van der Waals surface area (Å²) in [4.78, 5) is 16.7. The van der Waals surface area contributed by atoms with Gasteiger partial charge in [-0.2, -0.15) is 0 Å². The molecule has 2 aromatic heterocycles. The average Bonchev–Trinajstić information content (AvgIpc) is 3.22. The maximum atomic E-state index is 12.6. The highest BCUT2D eigenvalue weighted by Crippen LogP contribution is 2.43. The van der Waals surface area contributed by atoms with Gasteiger partial charge >= 0.3 is 0 Å². The number of anilines is 1. The minimum Gasteiger partial charge on any atom is -0.457 e. The Labute approximate surface area is 178 Å². The maximum Gasteiger partial charge on any atom is 0.239 e. The molecule has 1 N–H and O–H groups in total. The lowest BCUT2D eigenvalue weighted by Crippen LogP contribution is -2.12. The third kappa shape index (κ3) is 3.98. The Kier molecular flexibility index (Phi) is 5.06. The van der Waals surface area contributed by atoms with E-state index in [2.05, 4.69) is 15.5 Å². The molecule has 2 bridgehead atoms. The monoisotopic (exact) mass is 413 g/mol. The number of benzene rings is 2. The fourth-order valence-electron chi connectivity index (χ4n) is 3.51. The van der Waals surface area contributed by atoms with Crippen molar-refractivity contribution in [2.75, 3.05) is 12.1 Å². The molecule has 0 saturated carbocycles. The van der Waals surface area contributed by atoms with Crippen LogP contribution in [0.5, 0.6) is 11.5 Å². The van der Waals surface area contributed by atoms with Crippen LogP contribution < -0.4 is 14.8 Å². The van der Waals surface area contributed by atoms with Crippen LogP contribution in [0, 0.1) is 0 Å². The highest BCUT2D eigenvalue weighted by molar-refractivity contribution is 5.97. The van der Waals surface area contributed by atoms with Crippen molar-refractivity contribution < 1.29 is 18.8 Å². The van der Waals surface area contributed by atoms with Crippen molar-refractivity contribution in [3.05, 3.63) is 78.6 Å². The first-order chi connectivity index (χ1) is 15.3. The van der Waals surface area contributed by atoms with E-state index in [4.69, 9.17) is 14.0 Å². The Hall–Kier alpha value is -4.13. The van der Waals surface area contributed by atoms with E-state index in [1.165, 1.54) is 0 Å². The maximum absolute atomic E-state index is 12.6. The van der Waals surface area contributed by atoms with Crippen LogP contribution in [0.2, 0.25) is 0 Å². The van der Waals surface area contributed by atoms with Crippen LogP contribution in [0.1, 0.15) is 12.0 Å². The van der Waals surface area contributed by atoms with Crippen LogP contribution in [-0.4, -0.2) is 22.8 Å². The summed E-state index contributed by atoms with van der Waals surface area (Å²) < 4.78 is 16.6. The molecule has 0 aliphatic carbocycles. The van der Waals surface area contributed by atoms with Gasteiger partial charge in [0.15, 0.2) is 0 Å². The van der Waals surface area contributed by atoms with Gasteiger partial charge in [-0.05, 0) is 41.8 Å². The SMILES string of the molecule is O=C(CCc1ccccc1)Nc1onc(-c2ccc3cc2OCO3)c1-c1ccncc1. The van der Waals surface area contributed by atoms with Crippen molar-refractivity contribution in [1.29, 1.82) is 0 Å². The molecule has 154 valence electrons. The number of nitrogens with zero attached hydrogens (tertiary/aromatic N) is 2. The van der Waals surface area contributed by atoms with Crippen LogP contribution >= 0.6 is 0 Å². The molecule has 0 unspecified atom stereocenters. The van der Waals surface area contributed by atoms with Crippen molar-refractivity contribution >= 4 is 11.8 Å². The van der Waals surface area contributed by atoms with Gasteiger partial charge in [0.25, 0.3) is 0 Å². The van der Waals surface area contributed by atoms with E-state index in [1.807, 2.05) is 60.7 Å². The number of hydrogen-bond donors (Lipinski definition) is 1. The zero-order valence-electron chi connectivity index (χ0n) is 16.6. The summed E-state index contributed by atoms with van der Waals surface area (Å²) in [5, 5.41) is 7.14. The highest BCUT2D eigenvalue weighted by atomic mass is 16.7. The number of amides is 1. The number of aryl methyl sites for hydroxylation is 1. The fraction of sp³-hybridized carbons (Fsp3) is 0.125. The summed E-state index contributed by atoms with van der Waals surface area (Å²) in [6.45, 7) is 0.139. The topological polar surface area (TPSA) is 86.5 Å². The first-order valence-corrected chi connectivity index (χ1v) is 9.92. The second-order valence-electron chi connectivity index (χ2n) is 7.07. The third-order valence-electron chi connectivity index (χ3n) is 5.05. The van der Waals surface area contributed by atoms with Gasteiger partial charge in [-0.25, -0.2) is 0 Å². The quantitative estimate of drug-likeness (QED) is 0.493. The Morgan fingerprint density at radius 1 is 1.00 bits per heavy atom. The van der Waals surface area contributed by atoms with Crippen molar-refractivity contribution in [2.24, 2.45) is 0 Å². The number of aromatic nitrogens is 2. The Morgan fingerprint density at radius 3 is 2.68 bits per heavy atom. The number of rotatable bonds is 6. The summed E-state index contributed by atoms with van der Waals surface area (Å²) in [7, 11) is 0. The lowest BCUT2D eigenvalue weighted by molar-refractivity contribution is -0.116. The molecule has 0 saturated heterocycles. The summed E-state index contributed by atoms with van der Waals surface area (Å²) in [5.41, 5.74) is 3.94. The smallest absolute Gasteiger partial charge is 0.239 e. The number of carbonyl (C=O) groups excluding carboxylic acids is 1. The number of ether oxygens (including phenoxy) is 2. The lowest BCUT2D eigenvalue weighted by atomic mass is 10.0. The molecule has 0 atom stereocenters. The fourth-order valence-corrected chi connectivity index (χ4v) is 3.51. The molecule has 0 spiro atoms. The van der Waals surface area contributed by atoms with E-state index in [-0.39, 0.29) is 12.7 Å². The Morgan fingerprint density at radius 2 is 1.84 bits per heavy atom. The molecule has 31 heavy (non-hydrogen) atoms. The minimum absolute atomic E-state index is 0.139. The summed E-state index contributed by atoms with van der Waals surface area (Å²) in [6.07, 6.45) is 4.34. The van der Waals surface area contributed by atoms with Crippen LogP contribution in [0.4, 0.5) is 5.88 Å². The lowest BCUT2D eigenvalue weighted by Gasteiger charge is -2.18. The van der Waals surface area contributed by atoms with E-state index in [9.17, 15) is 4.79 Å². The predicted molar refractivity (Wildman–Crippen MR) is 115 cm³/mol. The van der Waals surface area contributed by atoms with Crippen molar-refractivity contribution in [1.82, 2.24) is 10.1 Å². The van der Waals surface area contributed by atoms with Gasteiger partial charge in [-0.15, -0.1) is 0 Å². The Balaban J connectivity index is 1.46. The van der Waals surface area contributed by atoms with Crippen LogP contribution in [-0.2, 0) is 11.2 Å². The van der Waals surface area contributed by atoms with Gasteiger partial charge < -0.3 is 14.0 Å². The summed E-state index contributed by atoms with van der Waals surface area (Å²) in [6, 6.07) is 19.1. The zero-order valence-corrected chi connectivity index (χ0v) is 16.6. The van der Waals surface area contributed by atoms with Gasteiger partial charge in [-0.3, -0.25) is 15.1 Å². The second kappa shape index (κ2) is 8.31. The number of fused-ring (bicyclic) bond motifs is 2. The van der Waals surface area contributed by atoms with Gasteiger partial charge in [0.2, 0.25) is 18.6 Å². The van der Waals surface area contributed by atoms with Crippen molar-refractivity contribution in [2.45, 2.75) is 12.8 Å². The van der Waals surface area contributed by atoms with E-state index >= 15 is 0 Å².